The minimum absolute atomic E-state index is 0.0476. The van der Waals surface area contributed by atoms with E-state index >= 15 is 0 Å². The quantitative estimate of drug-likeness (QED) is 0.547. The van der Waals surface area contributed by atoms with Crippen LogP contribution in [-0.2, 0) is 14.8 Å². The highest BCUT2D eigenvalue weighted by Crippen LogP contribution is 2.17. The summed E-state index contributed by atoms with van der Waals surface area (Å²) in [5.41, 5.74) is 1.53. The van der Waals surface area contributed by atoms with Crippen LogP contribution in [0.3, 0.4) is 0 Å². The lowest BCUT2D eigenvalue weighted by Crippen LogP contribution is -1.99. The highest BCUT2D eigenvalue weighted by atomic mass is 32.2. The van der Waals surface area contributed by atoms with Gasteiger partial charge in [0.25, 0.3) is 16.1 Å². The fourth-order valence-electron chi connectivity index (χ4n) is 1.19. The molecular weight excluding hydrogens is 202 g/mol. The minimum Gasteiger partial charge on any atom is -0.210 e. The largest absolute Gasteiger partial charge is 0.292 e. The Hall–Kier alpha value is -1.45. The standard InChI is InChI=1S/C9H9NO3S/c1-7-3-4-9(8(2)5-7)14(12,13)10-6-11/h3-5H,1-2H3. The summed E-state index contributed by atoms with van der Waals surface area (Å²) in [6.45, 7) is 3.51. The monoisotopic (exact) mass is 211 g/mol. The van der Waals surface area contributed by atoms with Crippen LogP contribution in [0.15, 0.2) is 27.5 Å². The van der Waals surface area contributed by atoms with Crippen LogP contribution in [0.25, 0.3) is 0 Å². The number of aryl methyl sites for hydroxylation is 2. The molecule has 14 heavy (non-hydrogen) atoms. The van der Waals surface area contributed by atoms with E-state index in [2.05, 4.69) is 4.40 Å². The summed E-state index contributed by atoms with van der Waals surface area (Å²) in [6, 6.07) is 4.80. The van der Waals surface area contributed by atoms with Crippen LogP contribution in [0.2, 0.25) is 0 Å². The first-order chi connectivity index (χ1) is 6.47. The van der Waals surface area contributed by atoms with E-state index in [1.54, 1.807) is 19.1 Å². The van der Waals surface area contributed by atoms with Gasteiger partial charge in [-0.05, 0) is 25.5 Å². The Morgan fingerprint density at radius 1 is 1.29 bits per heavy atom. The third kappa shape index (κ3) is 2.07. The van der Waals surface area contributed by atoms with E-state index < -0.39 is 10.0 Å². The zero-order valence-corrected chi connectivity index (χ0v) is 8.63. The fraction of sp³-hybridized carbons (Fsp3) is 0.222. The lowest BCUT2D eigenvalue weighted by Gasteiger charge is -2.02. The molecule has 1 aromatic carbocycles. The van der Waals surface area contributed by atoms with Gasteiger partial charge in [0.1, 0.15) is 0 Å². The number of hydrogen-bond acceptors (Lipinski definition) is 3. The van der Waals surface area contributed by atoms with E-state index in [0.717, 1.165) is 11.6 Å². The molecular formula is C9H9NO3S. The normalized spacial score (nSPS) is 10.7. The average Bonchev–Trinajstić information content (AvgIpc) is 2.02. The minimum atomic E-state index is -3.86. The molecule has 0 N–H and O–H groups in total. The summed E-state index contributed by atoms with van der Waals surface area (Å²) in [4.78, 5) is 9.95. The van der Waals surface area contributed by atoms with Crippen LogP contribution in [0.4, 0.5) is 0 Å². The first-order valence-electron chi connectivity index (χ1n) is 3.89. The molecule has 0 heterocycles. The van der Waals surface area contributed by atoms with Gasteiger partial charge in [-0.25, -0.2) is 4.79 Å². The summed E-state index contributed by atoms with van der Waals surface area (Å²) in [5, 5.41) is 0. The van der Waals surface area contributed by atoms with Crippen LogP contribution < -0.4 is 0 Å². The third-order valence-electron chi connectivity index (χ3n) is 1.77. The van der Waals surface area contributed by atoms with Gasteiger partial charge < -0.3 is 0 Å². The van der Waals surface area contributed by atoms with Crippen molar-refractivity contribution in [3.63, 3.8) is 0 Å². The van der Waals surface area contributed by atoms with Gasteiger partial charge in [0.2, 0.25) is 0 Å². The van der Waals surface area contributed by atoms with Crippen LogP contribution in [-0.4, -0.2) is 14.5 Å². The van der Waals surface area contributed by atoms with Gasteiger partial charge in [-0.2, -0.15) is 8.42 Å². The molecule has 4 nitrogen and oxygen atoms in total. The van der Waals surface area contributed by atoms with Crippen LogP contribution >= 0.6 is 0 Å². The number of nitrogens with zero attached hydrogens (tertiary/aromatic N) is 1. The van der Waals surface area contributed by atoms with Gasteiger partial charge in [0.05, 0.1) is 4.90 Å². The van der Waals surface area contributed by atoms with Gasteiger partial charge in [-0.1, -0.05) is 22.1 Å². The average molecular weight is 211 g/mol. The fourth-order valence-corrected chi connectivity index (χ4v) is 2.09. The molecule has 1 aromatic rings. The second kappa shape index (κ2) is 3.74. The van der Waals surface area contributed by atoms with E-state index in [0.29, 0.717) is 5.56 Å². The van der Waals surface area contributed by atoms with E-state index in [1.807, 2.05) is 6.92 Å². The molecule has 74 valence electrons. The van der Waals surface area contributed by atoms with Crippen LogP contribution in [0, 0.1) is 13.8 Å². The molecule has 1 rings (SSSR count). The molecule has 0 aliphatic carbocycles. The molecule has 0 spiro atoms. The molecule has 0 aromatic heterocycles. The predicted octanol–water partition coefficient (Wildman–Crippen LogP) is 1.33. The lowest BCUT2D eigenvalue weighted by atomic mass is 10.2. The van der Waals surface area contributed by atoms with Crippen molar-refractivity contribution in [3.8, 4) is 0 Å². The maximum atomic E-state index is 11.3. The highest BCUT2D eigenvalue weighted by Gasteiger charge is 2.14. The zero-order valence-electron chi connectivity index (χ0n) is 7.81. The Morgan fingerprint density at radius 2 is 1.93 bits per heavy atom. The Bertz CT molecular complexity index is 499. The SMILES string of the molecule is Cc1ccc(S(=O)(=O)N=C=O)c(C)c1. The van der Waals surface area contributed by atoms with Crippen LogP contribution in [0.1, 0.15) is 11.1 Å². The van der Waals surface area contributed by atoms with Gasteiger partial charge in [-0.15, -0.1) is 0 Å². The second-order valence-electron chi connectivity index (χ2n) is 2.93. The molecule has 0 radical (unpaired) electrons. The van der Waals surface area contributed by atoms with E-state index in [1.165, 1.54) is 6.07 Å². The molecule has 0 amide bonds. The second-order valence-corrected chi connectivity index (χ2v) is 4.50. The zero-order chi connectivity index (χ0) is 10.8. The molecule has 0 atom stereocenters. The van der Waals surface area contributed by atoms with E-state index in [9.17, 15) is 13.2 Å². The maximum absolute atomic E-state index is 11.3. The van der Waals surface area contributed by atoms with Gasteiger partial charge in [-0.3, -0.25) is 0 Å². The molecule has 0 saturated carbocycles. The Labute approximate surface area is 82.3 Å². The molecule has 0 aliphatic rings. The van der Waals surface area contributed by atoms with Gasteiger partial charge in [0.15, 0.2) is 0 Å². The van der Waals surface area contributed by atoms with Crippen molar-refractivity contribution < 1.29 is 13.2 Å². The summed E-state index contributed by atoms with van der Waals surface area (Å²) < 4.78 is 25.5. The number of carbonyl (C=O) groups excluding carboxylic acids is 1. The molecule has 5 heteroatoms. The topological polar surface area (TPSA) is 63.6 Å². The Balaban J connectivity index is 3.41. The summed E-state index contributed by atoms with van der Waals surface area (Å²) in [7, 11) is -3.86. The van der Waals surface area contributed by atoms with Crippen molar-refractivity contribution in [1.82, 2.24) is 0 Å². The Morgan fingerprint density at radius 3 is 2.43 bits per heavy atom. The Kier molecular flexibility index (Phi) is 2.84. The molecule has 0 saturated heterocycles. The maximum Gasteiger partial charge on any atom is 0.292 e. The first kappa shape index (κ1) is 10.6. The number of sulfonamides is 1. The number of hydrogen-bond donors (Lipinski definition) is 0. The predicted molar refractivity (Wildman–Crippen MR) is 51.2 cm³/mol. The van der Waals surface area contributed by atoms with Crippen molar-refractivity contribution >= 4 is 16.1 Å². The third-order valence-corrected chi connectivity index (χ3v) is 3.09. The van der Waals surface area contributed by atoms with E-state index in [-0.39, 0.29) is 4.90 Å². The number of isocyanates is 1. The van der Waals surface area contributed by atoms with Crippen LogP contribution in [0.5, 0.6) is 0 Å². The van der Waals surface area contributed by atoms with Crippen molar-refractivity contribution in [2.45, 2.75) is 18.7 Å². The summed E-state index contributed by atoms with van der Waals surface area (Å²) in [5.74, 6) is 0. The summed E-state index contributed by atoms with van der Waals surface area (Å²) in [6.07, 6.45) is 1.04. The molecule has 0 unspecified atom stereocenters. The first-order valence-corrected chi connectivity index (χ1v) is 5.33. The van der Waals surface area contributed by atoms with Crippen molar-refractivity contribution in [2.24, 2.45) is 4.40 Å². The number of benzene rings is 1. The van der Waals surface area contributed by atoms with Gasteiger partial charge in [0, 0.05) is 0 Å². The molecule has 0 fully saturated rings. The lowest BCUT2D eigenvalue weighted by molar-refractivity contribution is 0.563. The van der Waals surface area contributed by atoms with Crippen molar-refractivity contribution in [3.05, 3.63) is 29.3 Å². The summed E-state index contributed by atoms with van der Waals surface area (Å²) >= 11 is 0. The highest BCUT2D eigenvalue weighted by molar-refractivity contribution is 7.90. The number of rotatable bonds is 2. The van der Waals surface area contributed by atoms with E-state index in [4.69, 9.17) is 0 Å². The van der Waals surface area contributed by atoms with Crippen molar-refractivity contribution in [1.29, 1.82) is 0 Å². The molecule has 0 bridgehead atoms. The smallest absolute Gasteiger partial charge is 0.210 e. The van der Waals surface area contributed by atoms with Crippen molar-refractivity contribution in [2.75, 3.05) is 0 Å². The molecule has 0 aliphatic heterocycles. The van der Waals surface area contributed by atoms with Gasteiger partial charge >= 0.3 is 0 Å².